The lowest BCUT2D eigenvalue weighted by Gasteiger charge is -2.04. The van der Waals surface area contributed by atoms with Gasteiger partial charge in [-0.15, -0.1) is 16.4 Å². The van der Waals surface area contributed by atoms with Gasteiger partial charge in [0, 0.05) is 21.5 Å². The molecule has 0 bridgehead atoms. The summed E-state index contributed by atoms with van der Waals surface area (Å²) in [6.45, 7) is 2.15. The molecule has 0 aliphatic carbocycles. The van der Waals surface area contributed by atoms with Crippen LogP contribution in [0.2, 0.25) is 0 Å². The van der Waals surface area contributed by atoms with Crippen molar-refractivity contribution in [1.29, 1.82) is 0 Å². The minimum Gasteiger partial charge on any atom is -0.496 e. The molecule has 0 spiro atoms. The lowest BCUT2D eigenvalue weighted by molar-refractivity contribution is -0.113. The minimum atomic E-state index is -0.140. The molecule has 0 saturated heterocycles. The number of amides is 1. The summed E-state index contributed by atoms with van der Waals surface area (Å²) < 4.78 is 8.34. The van der Waals surface area contributed by atoms with E-state index in [0.29, 0.717) is 16.9 Å². The number of methoxy groups -OCH3 is 1. The molecule has 0 unspecified atom stereocenters. The molecule has 0 aliphatic heterocycles. The molecule has 0 radical (unpaired) electrons. The number of anilines is 2. The van der Waals surface area contributed by atoms with Crippen molar-refractivity contribution in [3.63, 3.8) is 0 Å². The number of thioether (sulfide) groups is 2. The maximum atomic E-state index is 12.4. The number of fused-ring (bicyclic) bond motifs is 1. The zero-order valence-corrected chi connectivity index (χ0v) is 22.9. The molecule has 3 N–H and O–H groups in total. The summed E-state index contributed by atoms with van der Waals surface area (Å²) in [7, 11) is 1.60. The third-order valence-electron chi connectivity index (χ3n) is 4.45. The molecule has 0 fully saturated rings. The summed E-state index contributed by atoms with van der Waals surface area (Å²) in [4.78, 5) is 21.3. The van der Waals surface area contributed by atoms with E-state index in [2.05, 4.69) is 58.9 Å². The van der Waals surface area contributed by atoms with Crippen LogP contribution >= 0.6 is 50.8 Å². The van der Waals surface area contributed by atoms with Gasteiger partial charge in [-0.05, 0) is 42.8 Å². The Balaban J connectivity index is 1.27. The molecule has 13 heteroatoms. The number of hydrazone groups is 1. The van der Waals surface area contributed by atoms with Gasteiger partial charge >= 0.3 is 0 Å². The maximum Gasteiger partial charge on any atom is 0.240 e. The van der Waals surface area contributed by atoms with Gasteiger partial charge in [-0.25, -0.2) is 15.5 Å². The normalized spacial score (nSPS) is 11.3. The lowest BCUT2D eigenvalue weighted by atomic mass is 10.2. The summed E-state index contributed by atoms with van der Waals surface area (Å²) in [6.07, 6.45) is 2.73. The molecule has 0 atom stereocenters. The second-order valence-electron chi connectivity index (χ2n) is 7.07. The fourth-order valence-corrected chi connectivity index (χ4v) is 5.90. The molecule has 0 aliphatic rings. The summed E-state index contributed by atoms with van der Waals surface area (Å²) in [6, 6.07) is 11.4. The zero-order chi connectivity index (χ0) is 24.6. The largest absolute Gasteiger partial charge is 0.496 e. The number of thiazole rings is 1. The van der Waals surface area contributed by atoms with Crippen LogP contribution < -0.4 is 15.5 Å². The van der Waals surface area contributed by atoms with Crippen LogP contribution in [0.4, 0.5) is 11.6 Å². The topological polar surface area (TPSA) is 117 Å². The van der Waals surface area contributed by atoms with Crippen LogP contribution in [0, 0.1) is 0 Å². The number of hydrogen-bond donors (Lipinski definition) is 3. The standard InChI is InChI=1S/C22H22BrN7O2S3/c1-3-8-33-22-26-16-6-5-15(10-18(16)35-22)25-19(31)12-34-21-27-20(29-30-21)28-24-11-13-9-14(23)4-7-17(13)32-2/h4-7,9-11H,3,8,12H2,1-2H3,(H,25,31)(H2,27,28,29,30)/b24-11-. The van der Waals surface area contributed by atoms with E-state index < -0.39 is 0 Å². The molecule has 2 aromatic heterocycles. The number of aromatic nitrogens is 4. The predicted molar refractivity (Wildman–Crippen MR) is 148 cm³/mol. The highest BCUT2D eigenvalue weighted by Gasteiger charge is 2.10. The maximum absolute atomic E-state index is 12.4. The smallest absolute Gasteiger partial charge is 0.240 e. The number of nitrogens with zero attached hydrogens (tertiary/aromatic N) is 4. The molecular formula is C22H22BrN7O2S3. The summed E-state index contributed by atoms with van der Waals surface area (Å²) in [5.74, 6) is 2.15. The van der Waals surface area contributed by atoms with Gasteiger partial charge in [0.05, 0.1) is 29.3 Å². The number of ether oxygens (including phenoxy) is 1. The molecule has 2 heterocycles. The van der Waals surface area contributed by atoms with E-state index in [1.165, 1.54) is 11.8 Å². The van der Waals surface area contributed by atoms with E-state index >= 15 is 0 Å². The number of carbonyl (C=O) groups excluding carboxylic acids is 1. The molecule has 2 aromatic carbocycles. The minimum absolute atomic E-state index is 0.140. The Morgan fingerprint density at radius 1 is 1.26 bits per heavy atom. The number of aromatic amines is 1. The van der Waals surface area contributed by atoms with Gasteiger partial charge in [0.15, 0.2) is 4.34 Å². The first kappa shape index (κ1) is 25.5. The van der Waals surface area contributed by atoms with Crippen LogP contribution in [-0.2, 0) is 4.79 Å². The van der Waals surface area contributed by atoms with E-state index in [4.69, 9.17) is 4.74 Å². The van der Waals surface area contributed by atoms with Crippen molar-refractivity contribution in [2.45, 2.75) is 22.8 Å². The molecule has 35 heavy (non-hydrogen) atoms. The van der Waals surface area contributed by atoms with E-state index in [0.717, 1.165) is 42.5 Å². The Morgan fingerprint density at radius 2 is 2.14 bits per heavy atom. The lowest BCUT2D eigenvalue weighted by Crippen LogP contribution is -2.14. The fraction of sp³-hybridized carbons (Fsp3) is 0.227. The average molecular weight is 593 g/mol. The van der Waals surface area contributed by atoms with Crippen LogP contribution in [-0.4, -0.2) is 50.9 Å². The number of halogens is 1. The van der Waals surface area contributed by atoms with Crippen LogP contribution in [0.3, 0.4) is 0 Å². The quantitative estimate of drug-likeness (QED) is 0.113. The Kier molecular flexibility index (Phi) is 9.01. The monoisotopic (exact) mass is 591 g/mol. The van der Waals surface area contributed by atoms with Crippen molar-refractivity contribution in [1.82, 2.24) is 20.2 Å². The van der Waals surface area contributed by atoms with Gasteiger partial charge in [0.25, 0.3) is 0 Å². The van der Waals surface area contributed by atoms with Crippen LogP contribution in [0.25, 0.3) is 10.2 Å². The molecule has 0 saturated carbocycles. The molecule has 4 rings (SSSR count). The molecular weight excluding hydrogens is 570 g/mol. The van der Waals surface area contributed by atoms with Crippen LogP contribution in [0.5, 0.6) is 5.75 Å². The van der Waals surface area contributed by atoms with Gasteiger partial charge in [-0.1, -0.05) is 46.4 Å². The predicted octanol–water partition coefficient (Wildman–Crippen LogP) is 5.86. The van der Waals surface area contributed by atoms with Crippen molar-refractivity contribution in [2.75, 3.05) is 29.4 Å². The van der Waals surface area contributed by atoms with E-state index in [-0.39, 0.29) is 11.7 Å². The number of H-pyrrole nitrogens is 1. The molecule has 182 valence electrons. The summed E-state index contributed by atoms with van der Waals surface area (Å²) in [5.41, 5.74) is 5.28. The molecule has 9 nitrogen and oxygen atoms in total. The highest BCUT2D eigenvalue weighted by molar-refractivity contribution is 9.10. The first-order valence-electron chi connectivity index (χ1n) is 10.5. The first-order valence-corrected chi connectivity index (χ1v) is 14.1. The highest BCUT2D eigenvalue weighted by Crippen LogP contribution is 2.31. The second-order valence-corrected chi connectivity index (χ2v) is 11.3. The third kappa shape index (κ3) is 7.19. The Hall–Kier alpha value is -2.61. The number of hydrogen-bond acceptors (Lipinski definition) is 10. The van der Waals surface area contributed by atoms with Gasteiger partial charge in [0.2, 0.25) is 17.0 Å². The average Bonchev–Trinajstić information content (AvgIpc) is 3.48. The Morgan fingerprint density at radius 3 is 2.97 bits per heavy atom. The van der Waals surface area contributed by atoms with Gasteiger partial charge < -0.3 is 10.1 Å². The van der Waals surface area contributed by atoms with Crippen LogP contribution in [0.1, 0.15) is 18.9 Å². The number of rotatable bonds is 11. The van der Waals surface area contributed by atoms with Crippen molar-refractivity contribution < 1.29 is 9.53 Å². The number of nitrogens with one attached hydrogen (secondary N) is 3. The Bertz CT molecular complexity index is 1340. The second kappa shape index (κ2) is 12.4. The third-order valence-corrected chi connectivity index (χ3v) is 8.15. The zero-order valence-electron chi connectivity index (χ0n) is 18.9. The van der Waals surface area contributed by atoms with Gasteiger partial charge in [-0.3, -0.25) is 4.79 Å². The highest BCUT2D eigenvalue weighted by atomic mass is 79.9. The van der Waals surface area contributed by atoms with Gasteiger partial charge in [-0.2, -0.15) is 10.1 Å². The van der Waals surface area contributed by atoms with Crippen LogP contribution in [0.15, 0.2) is 55.5 Å². The number of carbonyl (C=O) groups is 1. The first-order chi connectivity index (χ1) is 17.0. The summed E-state index contributed by atoms with van der Waals surface area (Å²) in [5, 5.41) is 14.4. The van der Waals surface area contributed by atoms with E-state index in [9.17, 15) is 4.79 Å². The number of benzene rings is 2. The molecule has 4 aromatic rings. The van der Waals surface area contributed by atoms with E-state index in [1.807, 2.05) is 36.4 Å². The summed E-state index contributed by atoms with van der Waals surface area (Å²) >= 11 is 8.06. The van der Waals surface area contributed by atoms with Crippen molar-refractivity contribution in [2.24, 2.45) is 5.10 Å². The van der Waals surface area contributed by atoms with Crippen molar-refractivity contribution in [3.05, 3.63) is 46.4 Å². The van der Waals surface area contributed by atoms with Crippen molar-refractivity contribution in [3.8, 4) is 5.75 Å². The fourth-order valence-electron chi connectivity index (χ4n) is 2.89. The Labute approximate surface area is 223 Å². The SMILES string of the molecule is CCCSc1nc2ccc(NC(=O)CSc3n[nH]c(N/N=C\c4cc(Br)ccc4OC)n3)cc2s1. The van der Waals surface area contributed by atoms with E-state index in [1.54, 1.807) is 36.4 Å². The molecule has 1 amide bonds. The van der Waals surface area contributed by atoms with Crippen molar-refractivity contribution >= 4 is 84.8 Å². The van der Waals surface area contributed by atoms with Gasteiger partial charge in [0.1, 0.15) is 5.75 Å².